The maximum atomic E-state index is 16.7. The Hall–Kier alpha value is -4.09. The third kappa shape index (κ3) is 5.21. The van der Waals surface area contributed by atoms with Gasteiger partial charge in [0.2, 0.25) is 5.91 Å². The number of likely N-dealkylation sites (tertiary alicyclic amines) is 1. The Bertz CT molecular complexity index is 1750. The van der Waals surface area contributed by atoms with Gasteiger partial charge in [0.05, 0.1) is 16.3 Å². The molecule has 2 N–H and O–H groups in total. The number of benzene rings is 2. The number of pyridine rings is 1. The highest BCUT2D eigenvalue weighted by Gasteiger charge is 2.31. The Kier molecular flexibility index (Phi) is 7.78. The van der Waals surface area contributed by atoms with Crippen LogP contribution in [0.4, 0.5) is 20.4 Å². The van der Waals surface area contributed by atoms with Gasteiger partial charge < -0.3 is 25.2 Å². The highest BCUT2D eigenvalue weighted by Crippen LogP contribution is 2.41. The molecule has 0 aliphatic carbocycles. The number of hydrogen-bond acceptors (Lipinski definition) is 8. The first kappa shape index (κ1) is 29.0. The molecule has 2 fully saturated rings. The van der Waals surface area contributed by atoms with Crippen molar-refractivity contribution in [2.75, 3.05) is 50.5 Å². The SMILES string of the molecule is C=CC(=O)N1CCN(c2nc(OC[C@@H]3CCCN3C)nc3c(F)c(-c4nc(N)c(F)c5ccccc45)c(Cl)cc23)[C@@H](C)C1. The molecule has 2 atom stereocenters. The molecule has 4 aromatic rings. The average molecular weight is 608 g/mol. The molecule has 1 amide bonds. The van der Waals surface area contributed by atoms with Gasteiger partial charge >= 0.3 is 6.01 Å². The fourth-order valence-corrected chi connectivity index (χ4v) is 6.34. The quantitative estimate of drug-likeness (QED) is 0.304. The van der Waals surface area contributed by atoms with Crippen LogP contribution in [0, 0.1) is 11.6 Å². The minimum Gasteiger partial charge on any atom is -0.462 e. The minimum atomic E-state index is -0.745. The summed E-state index contributed by atoms with van der Waals surface area (Å²) in [6.45, 7) is 8.19. The summed E-state index contributed by atoms with van der Waals surface area (Å²) in [5, 5.41) is 0.995. The smallest absolute Gasteiger partial charge is 0.319 e. The number of halogens is 3. The lowest BCUT2D eigenvalue weighted by Crippen LogP contribution is -2.53. The van der Waals surface area contributed by atoms with Gasteiger partial charge in [-0.05, 0) is 45.5 Å². The van der Waals surface area contributed by atoms with E-state index in [-0.39, 0.29) is 57.0 Å². The Morgan fingerprint density at radius 2 is 1.91 bits per heavy atom. The van der Waals surface area contributed by atoms with Crippen LogP contribution in [0.25, 0.3) is 32.9 Å². The predicted molar refractivity (Wildman–Crippen MR) is 164 cm³/mol. The predicted octanol–water partition coefficient (Wildman–Crippen LogP) is 5.05. The molecule has 43 heavy (non-hydrogen) atoms. The number of nitrogens with two attached hydrogens (primary N) is 1. The average Bonchev–Trinajstić information content (AvgIpc) is 3.42. The van der Waals surface area contributed by atoms with Crippen LogP contribution in [0.3, 0.4) is 0 Å². The molecule has 0 bridgehead atoms. The minimum absolute atomic E-state index is 0.00949. The van der Waals surface area contributed by atoms with Crippen LogP contribution in [0.15, 0.2) is 43.0 Å². The van der Waals surface area contributed by atoms with E-state index in [1.54, 1.807) is 35.2 Å². The standard InChI is InChI=1S/C31H32ClF2N7O2/c1-4-23(42)40-12-13-41(17(2)15-40)30-21-14-22(32)24(27-20-10-6-5-9-19(20)25(33)29(35)36-27)26(34)28(21)37-31(38-30)43-16-18-8-7-11-39(18)3/h4-6,9-10,14,17-18H,1,7-8,11-13,15-16H2,2-3H3,(H2,35,36)/t17-,18-/m0/s1. The summed E-state index contributed by atoms with van der Waals surface area (Å²) in [5.41, 5.74) is 5.97. The van der Waals surface area contributed by atoms with Crippen molar-refractivity contribution in [2.45, 2.75) is 31.8 Å². The first-order chi connectivity index (χ1) is 20.7. The fraction of sp³-hybridized carbons (Fsp3) is 0.355. The molecule has 2 aromatic carbocycles. The normalized spacial score (nSPS) is 19.4. The lowest BCUT2D eigenvalue weighted by atomic mass is 10.0. The van der Waals surface area contributed by atoms with Gasteiger partial charge in [-0.3, -0.25) is 4.79 Å². The highest BCUT2D eigenvalue weighted by atomic mass is 35.5. The van der Waals surface area contributed by atoms with E-state index >= 15 is 4.39 Å². The van der Waals surface area contributed by atoms with Gasteiger partial charge in [-0.2, -0.15) is 9.97 Å². The van der Waals surface area contributed by atoms with Gasteiger partial charge in [-0.15, -0.1) is 0 Å². The van der Waals surface area contributed by atoms with Gasteiger partial charge in [0.15, 0.2) is 17.5 Å². The molecule has 0 saturated carbocycles. The summed E-state index contributed by atoms with van der Waals surface area (Å²) in [6, 6.07) is 8.24. The summed E-state index contributed by atoms with van der Waals surface area (Å²) < 4.78 is 37.7. The Morgan fingerprint density at radius 1 is 1.14 bits per heavy atom. The van der Waals surface area contributed by atoms with E-state index in [2.05, 4.69) is 21.4 Å². The van der Waals surface area contributed by atoms with E-state index in [1.165, 1.54) is 6.08 Å². The molecule has 2 aliphatic rings. The monoisotopic (exact) mass is 607 g/mol. The number of fused-ring (bicyclic) bond motifs is 2. The summed E-state index contributed by atoms with van der Waals surface area (Å²) in [5.74, 6) is -1.50. The van der Waals surface area contributed by atoms with Crippen LogP contribution >= 0.6 is 11.6 Å². The second-order valence-corrected chi connectivity index (χ2v) is 11.5. The third-order valence-electron chi connectivity index (χ3n) is 8.42. The van der Waals surface area contributed by atoms with Crippen LogP contribution in [0.5, 0.6) is 6.01 Å². The molecule has 2 aliphatic heterocycles. The molecule has 224 valence electrons. The van der Waals surface area contributed by atoms with Crippen molar-refractivity contribution in [3.05, 3.63) is 59.6 Å². The summed E-state index contributed by atoms with van der Waals surface area (Å²) in [7, 11) is 2.04. The number of hydrogen-bond donors (Lipinski definition) is 1. The van der Waals surface area contributed by atoms with Crippen molar-refractivity contribution in [1.29, 1.82) is 0 Å². The number of ether oxygens (including phenoxy) is 1. The van der Waals surface area contributed by atoms with Crippen molar-refractivity contribution in [2.24, 2.45) is 0 Å². The first-order valence-electron chi connectivity index (χ1n) is 14.2. The lowest BCUT2D eigenvalue weighted by molar-refractivity contribution is -0.126. The fourth-order valence-electron chi connectivity index (χ4n) is 6.06. The van der Waals surface area contributed by atoms with E-state index in [0.717, 1.165) is 19.4 Å². The van der Waals surface area contributed by atoms with Crippen molar-refractivity contribution in [3.8, 4) is 17.3 Å². The number of anilines is 2. The number of carbonyl (C=O) groups is 1. The molecular formula is C31H32ClF2N7O2. The molecule has 6 rings (SSSR count). The number of amides is 1. The largest absolute Gasteiger partial charge is 0.462 e. The molecule has 2 saturated heterocycles. The zero-order valence-corrected chi connectivity index (χ0v) is 24.7. The Balaban J connectivity index is 1.51. The van der Waals surface area contributed by atoms with E-state index in [0.29, 0.717) is 42.8 Å². The molecule has 0 radical (unpaired) electrons. The molecular weight excluding hydrogens is 576 g/mol. The molecule has 2 aromatic heterocycles. The van der Waals surface area contributed by atoms with Crippen molar-refractivity contribution in [3.63, 3.8) is 0 Å². The molecule has 12 heteroatoms. The third-order valence-corrected chi connectivity index (χ3v) is 8.72. The number of aromatic nitrogens is 3. The number of rotatable bonds is 6. The summed E-state index contributed by atoms with van der Waals surface area (Å²) in [6.07, 6.45) is 3.34. The number of carbonyl (C=O) groups excluding carboxylic acids is 1. The summed E-state index contributed by atoms with van der Waals surface area (Å²) >= 11 is 6.78. The molecule has 0 unspecified atom stereocenters. The van der Waals surface area contributed by atoms with Gasteiger partial charge in [-0.1, -0.05) is 42.4 Å². The van der Waals surface area contributed by atoms with Gasteiger partial charge in [-0.25, -0.2) is 13.8 Å². The number of nitrogens with zero attached hydrogens (tertiary/aromatic N) is 6. The lowest BCUT2D eigenvalue weighted by Gasteiger charge is -2.40. The van der Waals surface area contributed by atoms with E-state index in [4.69, 9.17) is 27.1 Å². The Morgan fingerprint density at radius 3 is 2.60 bits per heavy atom. The van der Waals surface area contributed by atoms with Crippen molar-refractivity contribution >= 4 is 50.8 Å². The van der Waals surface area contributed by atoms with Gasteiger partial charge in [0.1, 0.15) is 17.9 Å². The van der Waals surface area contributed by atoms with Gasteiger partial charge in [0, 0.05) is 47.9 Å². The first-order valence-corrected chi connectivity index (χ1v) is 14.6. The maximum absolute atomic E-state index is 16.7. The second kappa shape index (κ2) is 11.5. The van der Waals surface area contributed by atoms with Crippen LogP contribution in [-0.4, -0.2) is 82.6 Å². The maximum Gasteiger partial charge on any atom is 0.319 e. The molecule has 0 spiro atoms. The van der Waals surface area contributed by atoms with Crippen LogP contribution in [-0.2, 0) is 4.79 Å². The van der Waals surface area contributed by atoms with Crippen LogP contribution in [0.2, 0.25) is 5.02 Å². The molecule has 4 heterocycles. The van der Waals surface area contributed by atoms with E-state index in [9.17, 15) is 9.18 Å². The number of likely N-dealkylation sites (N-methyl/N-ethyl adjacent to an activating group) is 1. The topological polar surface area (TPSA) is 101 Å². The van der Waals surface area contributed by atoms with Crippen LogP contribution < -0.4 is 15.4 Å². The second-order valence-electron chi connectivity index (χ2n) is 11.1. The van der Waals surface area contributed by atoms with E-state index < -0.39 is 11.6 Å². The zero-order chi connectivity index (χ0) is 30.4. The van der Waals surface area contributed by atoms with E-state index in [1.807, 2.05) is 18.9 Å². The Labute approximate surface area is 252 Å². The summed E-state index contributed by atoms with van der Waals surface area (Å²) in [4.78, 5) is 31.7. The van der Waals surface area contributed by atoms with Crippen LogP contribution in [0.1, 0.15) is 19.8 Å². The molecule has 9 nitrogen and oxygen atoms in total. The number of nitrogen functional groups attached to an aromatic ring is 1. The van der Waals surface area contributed by atoms with Crippen molar-refractivity contribution in [1.82, 2.24) is 24.8 Å². The van der Waals surface area contributed by atoms with Gasteiger partial charge in [0.25, 0.3) is 0 Å². The number of piperazine rings is 1. The zero-order valence-electron chi connectivity index (χ0n) is 24.0. The highest BCUT2D eigenvalue weighted by molar-refractivity contribution is 6.34. The van der Waals surface area contributed by atoms with Crippen molar-refractivity contribution < 1.29 is 18.3 Å².